The lowest BCUT2D eigenvalue weighted by atomic mass is 10.5. The molecule has 0 aromatic carbocycles. The van der Waals surface area contributed by atoms with Crippen molar-refractivity contribution in [1.29, 1.82) is 0 Å². The standard InChI is InChI=1S/C5H10O/c1-3-5-6-4-2/h3,5H2,1-2H3. The van der Waals surface area contributed by atoms with Gasteiger partial charge in [-0.1, -0.05) is 6.92 Å². The predicted molar refractivity (Wildman–Crippen MR) is 25.2 cm³/mol. The zero-order chi connectivity index (χ0) is 4.83. The van der Waals surface area contributed by atoms with Crippen LogP contribution < -0.4 is 0 Å². The van der Waals surface area contributed by atoms with E-state index in [0.29, 0.717) is 0 Å². The van der Waals surface area contributed by atoms with Crippen molar-refractivity contribution in [3.8, 4) is 0 Å². The monoisotopic (exact) mass is 86.1 g/mol. The topological polar surface area (TPSA) is 9.23 Å². The molecule has 0 fully saturated rings. The molecule has 0 N–H and O–H groups in total. The van der Waals surface area contributed by atoms with Crippen molar-refractivity contribution in [2.24, 2.45) is 0 Å². The van der Waals surface area contributed by atoms with E-state index >= 15 is 0 Å². The van der Waals surface area contributed by atoms with E-state index in [1.165, 1.54) is 0 Å². The van der Waals surface area contributed by atoms with Gasteiger partial charge < -0.3 is 4.74 Å². The van der Waals surface area contributed by atoms with Gasteiger partial charge in [-0.15, -0.1) is 0 Å². The van der Waals surface area contributed by atoms with E-state index in [1.807, 2.05) is 0 Å². The molecule has 0 saturated heterocycles. The predicted octanol–water partition coefficient (Wildman–Crippen LogP) is 1.47. The summed E-state index contributed by atoms with van der Waals surface area (Å²) < 4.78 is 4.73. The average molecular weight is 86.1 g/mol. The summed E-state index contributed by atoms with van der Waals surface area (Å²) in [5.74, 6) is 0. The Bertz CT molecular complexity index is 15.9. The average Bonchev–Trinajstić information content (AvgIpc) is 1.61. The van der Waals surface area contributed by atoms with Gasteiger partial charge >= 0.3 is 0 Å². The zero-order valence-corrected chi connectivity index (χ0v) is 4.32. The third-order valence-electron chi connectivity index (χ3n) is 0.451. The molecule has 0 aliphatic carbocycles. The van der Waals surface area contributed by atoms with Crippen LogP contribution in [0.3, 0.4) is 0 Å². The Balaban J connectivity index is 2.34. The Kier molecular flexibility index (Phi) is 4.93. The lowest BCUT2D eigenvalue weighted by Crippen LogP contribution is -1.83. The second-order valence-electron chi connectivity index (χ2n) is 1.05. The van der Waals surface area contributed by atoms with Gasteiger partial charge in [-0.25, -0.2) is 0 Å². The minimum absolute atomic E-state index is 0.802. The summed E-state index contributed by atoms with van der Waals surface area (Å²) in [6.45, 7) is 7.20. The van der Waals surface area contributed by atoms with Crippen molar-refractivity contribution < 1.29 is 4.74 Å². The smallest absolute Gasteiger partial charge is 0.128 e. The first kappa shape index (κ1) is 5.96. The minimum atomic E-state index is 0.802. The molecule has 0 rings (SSSR count). The summed E-state index contributed by atoms with van der Waals surface area (Å²) >= 11 is 0. The van der Waals surface area contributed by atoms with Crippen molar-refractivity contribution in [2.45, 2.75) is 20.3 Å². The molecule has 0 aromatic rings. The first-order chi connectivity index (χ1) is 2.91. The number of rotatable bonds is 3. The Morgan fingerprint density at radius 3 is 2.50 bits per heavy atom. The van der Waals surface area contributed by atoms with Crippen LogP contribution in [0.4, 0.5) is 0 Å². The van der Waals surface area contributed by atoms with Gasteiger partial charge in [0.15, 0.2) is 0 Å². The first-order valence-corrected chi connectivity index (χ1v) is 2.20. The van der Waals surface area contributed by atoms with Gasteiger partial charge in [-0.3, -0.25) is 0 Å². The van der Waals surface area contributed by atoms with E-state index in [2.05, 4.69) is 13.5 Å². The van der Waals surface area contributed by atoms with Crippen LogP contribution in [0.25, 0.3) is 0 Å². The molecule has 0 atom stereocenters. The molecular formula is C5H10O. The molecule has 0 saturated carbocycles. The molecule has 2 radical (unpaired) electrons. The highest BCUT2D eigenvalue weighted by Gasteiger charge is 1.74. The van der Waals surface area contributed by atoms with Crippen molar-refractivity contribution in [3.05, 3.63) is 6.61 Å². The van der Waals surface area contributed by atoms with Gasteiger partial charge in [-0.2, -0.15) is 0 Å². The maximum Gasteiger partial charge on any atom is 0.128 e. The highest BCUT2D eigenvalue weighted by Crippen LogP contribution is 1.80. The summed E-state index contributed by atoms with van der Waals surface area (Å²) in [7, 11) is 0. The molecule has 0 aliphatic rings. The van der Waals surface area contributed by atoms with Gasteiger partial charge in [0.05, 0.1) is 0 Å². The molecular weight excluding hydrogens is 76.1 g/mol. The van der Waals surface area contributed by atoms with Crippen LogP contribution in [0.15, 0.2) is 0 Å². The maximum atomic E-state index is 4.73. The molecule has 0 spiro atoms. The van der Waals surface area contributed by atoms with Crippen LogP contribution in [0.5, 0.6) is 0 Å². The minimum Gasteiger partial charge on any atom is -0.369 e. The fourth-order valence-electron chi connectivity index (χ4n) is 0.204. The van der Waals surface area contributed by atoms with Gasteiger partial charge in [0.2, 0.25) is 0 Å². The second-order valence-corrected chi connectivity index (χ2v) is 1.05. The summed E-state index contributed by atoms with van der Waals surface area (Å²) in [5.41, 5.74) is 0. The Morgan fingerprint density at radius 2 is 2.33 bits per heavy atom. The molecule has 1 heteroatoms. The highest BCUT2D eigenvalue weighted by molar-refractivity contribution is 4.32. The lowest BCUT2D eigenvalue weighted by Gasteiger charge is -1.89. The largest absolute Gasteiger partial charge is 0.369 e. The van der Waals surface area contributed by atoms with E-state index in [-0.39, 0.29) is 0 Å². The normalized spacial score (nSPS) is 9.00. The van der Waals surface area contributed by atoms with E-state index in [9.17, 15) is 0 Å². The molecule has 0 aromatic heterocycles. The van der Waals surface area contributed by atoms with Crippen molar-refractivity contribution >= 4 is 0 Å². The highest BCUT2D eigenvalue weighted by atomic mass is 16.5. The van der Waals surface area contributed by atoms with E-state index in [4.69, 9.17) is 4.74 Å². The van der Waals surface area contributed by atoms with Crippen molar-refractivity contribution in [3.63, 3.8) is 0 Å². The van der Waals surface area contributed by atoms with E-state index < -0.39 is 0 Å². The van der Waals surface area contributed by atoms with Crippen LogP contribution in [-0.4, -0.2) is 6.61 Å². The summed E-state index contributed by atoms with van der Waals surface area (Å²) in [5, 5.41) is 0. The molecule has 6 heavy (non-hydrogen) atoms. The lowest BCUT2D eigenvalue weighted by molar-refractivity contribution is 0.205. The third kappa shape index (κ3) is 3.96. The molecule has 0 bridgehead atoms. The van der Waals surface area contributed by atoms with E-state index in [0.717, 1.165) is 13.0 Å². The van der Waals surface area contributed by atoms with Crippen molar-refractivity contribution in [1.82, 2.24) is 0 Å². The fourth-order valence-corrected chi connectivity index (χ4v) is 0.204. The Labute approximate surface area is 39.3 Å². The fraction of sp³-hybridized carbons (Fsp3) is 0.800. The van der Waals surface area contributed by atoms with Crippen LogP contribution in [0, 0.1) is 6.61 Å². The van der Waals surface area contributed by atoms with Crippen LogP contribution >= 0.6 is 0 Å². The Morgan fingerprint density at radius 1 is 1.67 bits per heavy atom. The molecule has 0 amide bonds. The Hall–Kier alpha value is -0.0400. The zero-order valence-electron chi connectivity index (χ0n) is 4.32. The summed E-state index contributed by atoms with van der Waals surface area (Å²) in [6.07, 6.45) is 1.07. The van der Waals surface area contributed by atoms with Crippen LogP contribution in [-0.2, 0) is 4.74 Å². The maximum absolute atomic E-state index is 4.73. The number of ether oxygens (including phenoxy) is 1. The molecule has 36 valence electrons. The van der Waals surface area contributed by atoms with Gasteiger partial charge in [0.1, 0.15) is 6.61 Å². The molecule has 1 nitrogen and oxygen atoms in total. The first-order valence-electron chi connectivity index (χ1n) is 2.20. The summed E-state index contributed by atoms with van der Waals surface area (Å²) in [4.78, 5) is 0. The quantitative estimate of drug-likeness (QED) is 0.472. The number of hydrogen-bond donors (Lipinski definition) is 0. The van der Waals surface area contributed by atoms with Crippen molar-refractivity contribution in [2.75, 3.05) is 6.61 Å². The molecule has 0 unspecified atom stereocenters. The summed E-state index contributed by atoms with van der Waals surface area (Å²) in [6, 6.07) is 0. The van der Waals surface area contributed by atoms with Gasteiger partial charge in [-0.05, 0) is 13.3 Å². The van der Waals surface area contributed by atoms with Crippen LogP contribution in [0.1, 0.15) is 20.3 Å². The van der Waals surface area contributed by atoms with Crippen LogP contribution in [0.2, 0.25) is 0 Å². The molecule has 0 heterocycles. The van der Waals surface area contributed by atoms with Gasteiger partial charge in [0, 0.05) is 6.61 Å². The number of hydrogen-bond acceptors (Lipinski definition) is 1. The second kappa shape index (κ2) is 4.96. The molecule has 0 aliphatic heterocycles. The SMILES string of the molecule is C[C]OCCC. The van der Waals surface area contributed by atoms with Gasteiger partial charge in [0.25, 0.3) is 0 Å². The third-order valence-corrected chi connectivity index (χ3v) is 0.451. The van der Waals surface area contributed by atoms with E-state index in [1.54, 1.807) is 6.92 Å².